The van der Waals surface area contributed by atoms with Crippen LogP contribution in [0.4, 0.5) is 0 Å². The molecule has 0 spiro atoms. The molecule has 0 bridgehead atoms. The summed E-state index contributed by atoms with van der Waals surface area (Å²) in [5.74, 6) is 0.794. The topological polar surface area (TPSA) is 69.4 Å². The second-order valence-electron chi connectivity index (χ2n) is 6.14. The average Bonchev–Trinajstić information content (AvgIpc) is 3.02. The number of pyridine rings is 1. The lowest BCUT2D eigenvalue weighted by atomic mass is 10.0. The Hall–Kier alpha value is -2.80. The van der Waals surface area contributed by atoms with Crippen molar-refractivity contribution in [1.29, 1.82) is 0 Å². The van der Waals surface area contributed by atoms with E-state index in [0.29, 0.717) is 13.0 Å². The second kappa shape index (κ2) is 8.93. The summed E-state index contributed by atoms with van der Waals surface area (Å²) in [7, 11) is 1.38. The zero-order valence-corrected chi connectivity index (χ0v) is 17.6. The molecule has 28 heavy (non-hydrogen) atoms. The van der Waals surface area contributed by atoms with Crippen LogP contribution in [-0.4, -0.2) is 33.3 Å². The summed E-state index contributed by atoms with van der Waals surface area (Å²) in [5.41, 5.74) is 4.93. The van der Waals surface area contributed by atoms with Gasteiger partial charge < -0.3 is 9.30 Å². The number of esters is 1. The van der Waals surface area contributed by atoms with Crippen LogP contribution in [0.2, 0.25) is 0 Å². The molecule has 3 heterocycles. The summed E-state index contributed by atoms with van der Waals surface area (Å²) in [4.78, 5) is 23.8. The van der Waals surface area contributed by atoms with Crippen molar-refractivity contribution in [3.05, 3.63) is 76.0 Å². The lowest BCUT2D eigenvalue weighted by Gasteiger charge is -2.11. The summed E-state index contributed by atoms with van der Waals surface area (Å²) >= 11 is 3.56. The Labute approximate surface area is 172 Å². The molecule has 0 radical (unpaired) electrons. The van der Waals surface area contributed by atoms with Crippen molar-refractivity contribution in [2.45, 2.75) is 26.8 Å². The molecule has 0 atom stereocenters. The smallest absolute Gasteiger partial charge is 0.305 e. The van der Waals surface area contributed by atoms with Crippen molar-refractivity contribution in [2.75, 3.05) is 7.11 Å². The van der Waals surface area contributed by atoms with Gasteiger partial charge in [-0.15, -0.1) is 0 Å². The van der Waals surface area contributed by atoms with E-state index in [-0.39, 0.29) is 5.97 Å². The molecule has 0 unspecified atom stereocenters. The van der Waals surface area contributed by atoms with E-state index in [2.05, 4.69) is 53.5 Å². The number of halogens is 1. The largest absolute Gasteiger partial charge is 0.469 e. The maximum atomic E-state index is 9.96. The standard InChI is InChI=1S/C17H13BrN4.C4H8O2/c1-11-10-22-15-6-5-12(18)8-13(15)17(20-9-16(22)21-11)14-4-2-3-7-19-14;1-3-4(5)6-2/h2-8,10H,9H2,1H3;3H2,1-2H3. The van der Waals surface area contributed by atoms with Gasteiger partial charge in [-0.25, -0.2) is 4.98 Å². The molecule has 0 saturated heterocycles. The van der Waals surface area contributed by atoms with Crippen LogP contribution >= 0.6 is 15.9 Å². The van der Waals surface area contributed by atoms with Crippen LogP contribution in [0.25, 0.3) is 5.69 Å². The molecule has 7 heteroatoms. The number of methoxy groups -OCH3 is 1. The van der Waals surface area contributed by atoms with E-state index in [1.807, 2.05) is 31.2 Å². The van der Waals surface area contributed by atoms with Crippen molar-refractivity contribution >= 4 is 27.6 Å². The number of ether oxygens (including phenoxy) is 1. The van der Waals surface area contributed by atoms with E-state index in [0.717, 1.165) is 38.6 Å². The van der Waals surface area contributed by atoms with Gasteiger partial charge in [-0.1, -0.05) is 28.9 Å². The highest BCUT2D eigenvalue weighted by Crippen LogP contribution is 2.27. The van der Waals surface area contributed by atoms with E-state index in [9.17, 15) is 4.79 Å². The number of fused-ring (bicyclic) bond motifs is 3. The SMILES string of the molecule is CCC(=O)OC.Cc1cn2c(n1)CN=C(c1ccccn1)c1cc(Br)ccc1-2. The zero-order chi connectivity index (χ0) is 20.1. The first kappa shape index (κ1) is 19.9. The Bertz CT molecular complexity index is 1010. The summed E-state index contributed by atoms with van der Waals surface area (Å²) in [6.45, 7) is 4.31. The normalized spacial score (nSPS) is 11.9. The molecule has 3 aromatic rings. The first-order valence-electron chi connectivity index (χ1n) is 8.91. The molecule has 6 nitrogen and oxygen atoms in total. The lowest BCUT2D eigenvalue weighted by Crippen LogP contribution is -2.08. The maximum Gasteiger partial charge on any atom is 0.305 e. The second-order valence-corrected chi connectivity index (χ2v) is 7.06. The first-order chi connectivity index (χ1) is 13.5. The number of aliphatic imine (C=N–C) groups is 1. The molecule has 1 aliphatic heterocycles. The fraction of sp³-hybridized carbons (Fsp3) is 0.238. The maximum absolute atomic E-state index is 9.96. The summed E-state index contributed by atoms with van der Waals surface area (Å²) in [6, 6.07) is 12.1. The molecule has 1 aromatic carbocycles. The Morgan fingerprint density at radius 3 is 2.75 bits per heavy atom. The predicted molar refractivity (Wildman–Crippen MR) is 112 cm³/mol. The van der Waals surface area contributed by atoms with Crippen molar-refractivity contribution in [2.24, 2.45) is 4.99 Å². The molecule has 4 rings (SSSR count). The van der Waals surface area contributed by atoms with Gasteiger partial charge in [0.2, 0.25) is 0 Å². The summed E-state index contributed by atoms with van der Waals surface area (Å²) in [6.07, 6.45) is 4.32. The van der Waals surface area contributed by atoms with Gasteiger partial charge in [0, 0.05) is 28.9 Å². The highest BCUT2D eigenvalue weighted by atomic mass is 79.9. The fourth-order valence-corrected chi connectivity index (χ4v) is 3.24. The van der Waals surface area contributed by atoms with Crippen molar-refractivity contribution in [3.8, 4) is 5.69 Å². The number of nitrogens with zero attached hydrogens (tertiary/aromatic N) is 4. The Kier molecular flexibility index (Phi) is 6.36. The third-order valence-electron chi connectivity index (χ3n) is 4.18. The third kappa shape index (κ3) is 4.36. The lowest BCUT2D eigenvalue weighted by molar-refractivity contribution is -0.140. The minimum atomic E-state index is -0.157. The minimum absolute atomic E-state index is 0.157. The van der Waals surface area contributed by atoms with Crippen LogP contribution in [0, 0.1) is 6.92 Å². The monoisotopic (exact) mass is 440 g/mol. The number of hydrogen-bond donors (Lipinski definition) is 0. The third-order valence-corrected chi connectivity index (χ3v) is 4.67. The number of carbonyl (C=O) groups is 1. The Morgan fingerprint density at radius 1 is 1.29 bits per heavy atom. The minimum Gasteiger partial charge on any atom is -0.469 e. The van der Waals surface area contributed by atoms with E-state index < -0.39 is 0 Å². The zero-order valence-electron chi connectivity index (χ0n) is 16.0. The summed E-state index contributed by atoms with van der Waals surface area (Å²) in [5, 5.41) is 0. The van der Waals surface area contributed by atoms with Gasteiger partial charge in [-0.2, -0.15) is 0 Å². The van der Waals surface area contributed by atoms with Crippen molar-refractivity contribution in [1.82, 2.24) is 14.5 Å². The van der Waals surface area contributed by atoms with Crippen LogP contribution in [-0.2, 0) is 16.1 Å². The molecule has 0 amide bonds. The first-order valence-corrected chi connectivity index (χ1v) is 9.70. The number of benzene rings is 1. The number of rotatable bonds is 2. The molecule has 1 aliphatic rings. The average molecular weight is 441 g/mol. The quantitative estimate of drug-likeness (QED) is 0.558. The van der Waals surface area contributed by atoms with E-state index in [1.165, 1.54) is 7.11 Å². The van der Waals surface area contributed by atoms with Crippen LogP contribution < -0.4 is 0 Å². The molecule has 0 N–H and O–H groups in total. The molecular weight excluding hydrogens is 420 g/mol. The van der Waals surface area contributed by atoms with Gasteiger partial charge in [-0.05, 0) is 37.3 Å². The molecule has 0 saturated carbocycles. The van der Waals surface area contributed by atoms with Gasteiger partial charge in [0.15, 0.2) is 0 Å². The number of hydrogen-bond acceptors (Lipinski definition) is 5. The van der Waals surface area contributed by atoms with Gasteiger partial charge >= 0.3 is 5.97 Å². The van der Waals surface area contributed by atoms with Crippen LogP contribution in [0.3, 0.4) is 0 Å². The van der Waals surface area contributed by atoms with E-state index in [1.54, 1.807) is 13.1 Å². The van der Waals surface area contributed by atoms with Gasteiger partial charge in [-0.3, -0.25) is 14.8 Å². The molecule has 0 aliphatic carbocycles. The fourth-order valence-electron chi connectivity index (χ4n) is 2.88. The van der Waals surface area contributed by atoms with Crippen LogP contribution in [0.1, 0.15) is 36.1 Å². The number of carbonyl (C=O) groups excluding carboxylic acids is 1. The van der Waals surface area contributed by atoms with Crippen molar-refractivity contribution in [3.63, 3.8) is 0 Å². The van der Waals surface area contributed by atoms with Crippen LogP contribution in [0.15, 0.2) is 58.3 Å². The molecular formula is C21H21BrN4O2. The van der Waals surface area contributed by atoms with Gasteiger partial charge in [0.1, 0.15) is 5.82 Å². The highest BCUT2D eigenvalue weighted by molar-refractivity contribution is 9.10. The Balaban J connectivity index is 0.000000330. The Morgan fingerprint density at radius 2 is 2.11 bits per heavy atom. The van der Waals surface area contributed by atoms with Crippen LogP contribution in [0.5, 0.6) is 0 Å². The number of aromatic nitrogens is 3. The number of aryl methyl sites for hydroxylation is 1. The van der Waals surface area contributed by atoms with E-state index in [4.69, 9.17) is 4.99 Å². The van der Waals surface area contributed by atoms with Crippen molar-refractivity contribution < 1.29 is 9.53 Å². The van der Waals surface area contributed by atoms with Gasteiger partial charge in [0.25, 0.3) is 0 Å². The van der Waals surface area contributed by atoms with E-state index >= 15 is 0 Å². The molecule has 144 valence electrons. The summed E-state index contributed by atoms with van der Waals surface area (Å²) < 4.78 is 7.41. The van der Waals surface area contributed by atoms with Gasteiger partial charge in [0.05, 0.1) is 36.4 Å². The highest BCUT2D eigenvalue weighted by Gasteiger charge is 2.20. The molecule has 0 fully saturated rings. The number of imidazole rings is 1. The predicted octanol–water partition coefficient (Wildman–Crippen LogP) is 4.26. The molecule has 2 aromatic heterocycles.